The van der Waals surface area contributed by atoms with E-state index in [1.54, 1.807) is 0 Å². The highest BCUT2D eigenvalue weighted by Gasteiger charge is 2.27. The second-order valence-electron chi connectivity index (χ2n) is 13.4. The zero-order valence-electron chi connectivity index (χ0n) is 31.0. The third kappa shape index (κ3) is 29.3. The van der Waals surface area contributed by atoms with E-state index in [4.69, 9.17) is 47.7 Å². The smallest absolute Gasteiger partial charge is 0.0834 e. The van der Waals surface area contributed by atoms with Gasteiger partial charge in [-0.2, -0.15) is 0 Å². The highest BCUT2D eigenvalue weighted by atomic mass is 16.6. The highest BCUT2D eigenvalue weighted by molar-refractivity contribution is 4.78. The quantitative estimate of drug-likeness (QED) is 0.0861. The van der Waals surface area contributed by atoms with Crippen LogP contribution >= 0.6 is 0 Å². The summed E-state index contributed by atoms with van der Waals surface area (Å²) in [5, 5.41) is 18.5. The molecule has 11 heteroatoms. The van der Waals surface area contributed by atoms with E-state index in [1.165, 1.54) is 51.4 Å². The molecule has 0 aromatic rings. The molecule has 2 unspecified atom stereocenters. The average Bonchev–Trinajstić information content (AvgIpc) is 3.08. The van der Waals surface area contributed by atoms with Gasteiger partial charge in [0, 0.05) is 0 Å². The summed E-state index contributed by atoms with van der Waals surface area (Å²) in [7, 11) is 0. The van der Waals surface area contributed by atoms with Crippen molar-refractivity contribution >= 4 is 0 Å². The van der Waals surface area contributed by atoms with Crippen LogP contribution in [0.25, 0.3) is 0 Å². The van der Waals surface area contributed by atoms with Crippen LogP contribution in [-0.2, 0) is 42.6 Å². The van der Waals surface area contributed by atoms with E-state index in [-0.39, 0.29) is 19.3 Å². The monoisotopic (exact) mass is 695 g/mol. The third-order valence-electron chi connectivity index (χ3n) is 8.78. The predicted octanol–water partition coefficient (Wildman–Crippen LogP) is 4.93. The lowest BCUT2D eigenvalue weighted by atomic mass is 9.77. The Morgan fingerprint density at radius 2 is 0.875 bits per heavy atom. The molecule has 0 heterocycles. The molecule has 1 rings (SSSR count). The van der Waals surface area contributed by atoms with Gasteiger partial charge in [-0.05, 0) is 36.5 Å². The molecule has 2 N–H and O–H groups in total. The molecule has 2 atom stereocenters. The van der Waals surface area contributed by atoms with Crippen molar-refractivity contribution in [2.45, 2.75) is 91.1 Å². The predicted molar refractivity (Wildman–Crippen MR) is 188 cm³/mol. The number of hydrogen-bond donors (Lipinski definition) is 2. The maximum absolute atomic E-state index is 9.92. The van der Waals surface area contributed by atoms with Crippen molar-refractivity contribution in [2.75, 3.05) is 126 Å². The molecule has 11 nitrogen and oxygen atoms in total. The number of aliphatic hydroxyl groups is 2. The summed E-state index contributed by atoms with van der Waals surface area (Å²) in [6.07, 6.45) is 13.0. The van der Waals surface area contributed by atoms with Crippen LogP contribution in [0.2, 0.25) is 0 Å². The Hall–Kier alpha value is -0.440. The summed E-state index contributed by atoms with van der Waals surface area (Å²) < 4.78 is 49.6. The van der Waals surface area contributed by atoms with Gasteiger partial charge in [0.2, 0.25) is 0 Å². The summed E-state index contributed by atoms with van der Waals surface area (Å²) in [5.74, 6) is 2.99. The van der Waals surface area contributed by atoms with Gasteiger partial charge in [-0.1, -0.05) is 72.1 Å². The van der Waals surface area contributed by atoms with Gasteiger partial charge in [-0.25, -0.2) is 0 Å². The van der Waals surface area contributed by atoms with Crippen LogP contribution in [0.5, 0.6) is 0 Å². The standard InChI is InChI=1S/C37H74O11/c1-33(2)6-4-7-34(3)8-5-9-35-10-12-36(13-11-35)37(32-39)48-31-30-47-29-28-46-27-26-45-25-24-44-23-22-43-21-20-42-19-18-41-17-16-40-15-14-38/h33-39H,4-32H2,1-3H3. The van der Waals surface area contributed by atoms with E-state index in [2.05, 4.69) is 20.8 Å². The Bertz CT molecular complexity index is 634. The van der Waals surface area contributed by atoms with Crippen molar-refractivity contribution in [3.05, 3.63) is 0 Å². The van der Waals surface area contributed by atoms with Gasteiger partial charge in [-0.3, -0.25) is 0 Å². The Kier molecular flexibility index (Phi) is 33.2. The van der Waals surface area contributed by atoms with E-state index in [0.29, 0.717) is 118 Å². The molecular formula is C37H74O11. The number of rotatable bonds is 37. The Labute approximate surface area is 292 Å². The summed E-state index contributed by atoms with van der Waals surface area (Å²) in [6.45, 7) is 15.6. The minimum absolute atomic E-state index is 0.0277. The topological polar surface area (TPSA) is 124 Å². The van der Waals surface area contributed by atoms with Crippen LogP contribution in [0.1, 0.15) is 85.0 Å². The fourth-order valence-electron chi connectivity index (χ4n) is 5.92. The van der Waals surface area contributed by atoms with Crippen LogP contribution in [0.4, 0.5) is 0 Å². The van der Waals surface area contributed by atoms with Crippen molar-refractivity contribution in [3.8, 4) is 0 Å². The van der Waals surface area contributed by atoms with Gasteiger partial charge < -0.3 is 52.8 Å². The fraction of sp³-hybridized carbons (Fsp3) is 1.00. The van der Waals surface area contributed by atoms with Crippen molar-refractivity contribution in [2.24, 2.45) is 23.7 Å². The molecule has 0 aliphatic heterocycles. The zero-order valence-corrected chi connectivity index (χ0v) is 31.0. The summed E-state index contributed by atoms with van der Waals surface area (Å²) in [6, 6.07) is 0. The van der Waals surface area contributed by atoms with Crippen molar-refractivity contribution in [3.63, 3.8) is 0 Å². The fourth-order valence-corrected chi connectivity index (χ4v) is 5.92. The van der Waals surface area contributed by atoms with Crippen LogP contribution in [0, 0.1) is 23.7 Å². The lowest BCUT2D eigenvalue weighted by Crippen LogP contribution is -2.32. The maximum Gasteiger partial charge on any atom is 0.0834 e. The second-order valence-corrected chi connectivity index (χ2v) is 13.4. The molecule has 0 amide bonds. The molecule has 1 fully saturated rings. The van der Waals surface area contributed by atoms with Crippen LogP contribution < -0.4 is 0 Å². The van der Waals surface area contributed by atoms with Crippen molar-refractivity contribution in [1.29, 1.82) is 0 Å². The van der Waals surface area contributed by atoms with Crippen LogP contribution in [0.3, 0.4) is 0 Å². The number of hydrogen-bond acceptors (Lipinski definition) is 11. The van der Waals surface area contributed by atoms with Gasteiger partial charge in [0.25, 0.3) is 0 Å². The molecule has 48 heavy (non-hydrogen) atoms. The molecule has 288 valence electrons. The number of aliphatic hydroxyl groups excluding tert-OH is 2. The molecule has 0 aromatic heterocycles. The first-order valence-corrected chi connectivity index (χ1v) is 19.0. The highest BCUT2D eigenvalue weighted by Crippen LogP contribution is 2.35. The molecule has 1 aliphatic carbocycles. The molecule has 0 aromatic carbocycles. The maximum atomic E-state index is 9.92. The summed E-state index contributed by atoms with van der Waals surface area (Å²) in [4.78, 5) is 0. The number of ether oxygens (including phenoxy) is 9. The minimum atomic E-state index is -0.0769. The van der Waals surface area contributed by atoms with Gasteiger partial charge in [0.1, 0.15) is 0 Å². The lowest BCUT2D eigenvalue weighted by Gasteiger charge is -2.33. The van der Waals surface area contributed by atoms with Crippen molar-refractivity contribution < 1.29 is 52.8 Å². The normalized spacial score (nSPS) is 18.1. The van der Waals surface area contributed by atoms with E-state index in [1.807, 2.05) is 0 Å². The second kappa shape index (κ2) is 35.0. The molecule has 1 aliphatic rings. The van der Waals surface area contributed by atoms with E-state index < -0.39 is 0 Å². The summed E-state index contributed by atoms with van der Waals surface area (Å²) >= 11 is 0. The molecule has 1 saturated carbocycles. The molecule has 0 radical (unpaired) electrons. The average molecular weight is 695 g/mol. The summed E-state index contributed by atoms with van der Waals surface area (Å²) in [5.41, 5.74) is 0. The molecule has 0 bridgehead atoms. The van der Waals surface area contributed by atoms with E-state index in [9.17, 15) is 5.11 Å². The molecule has 0 saturated heterocycles. The Morgan fingerprint density at radius 1 is 0.479 bits per heavy atom. The molecular weight excluding hydrogens is 620 g/mol. The van der Waals surface area contributed by atoms with Crippen LogP contribution in [-0.4, -0.2) is 142 Å². The Balaban J connectivity index is 1.81. The van der Waals surface area contributed by atoms with E-state index in [0.717, 1.165) is 30.6 Å². The Morgan fingerprint density at radius 3 is 1.27 bits per heavy atom. The zero-order chi connectivity index (χ0) is 34.8. The first-order valence-electron chi connectivity index (χ1n) is 19.0. The molecule has 0 spiro atoms. The lowest BCUT2D eigenvalue weighted by molar-refractivity contribution is -0.0621. The van der Waals surface area contributed by atoms with Gasteiger partial charge >= 0.3 is 0 Å². The van der Waals surface area contributed by atoms with Crippen molar-refractivity contribution in [1.82, 2.24) is 0 Å². The SMILES string of the molecule is CC(C)CCCC(C)CCCC1CCC(C(CO)OCCOCCOCCOCCOCCOCCOCCOCCOCCO)CC1. The third-order valence-corrected chi connectivity index (χ3v) is 8.78. The first-order chi connectivity index (χ1) is 23.6. The van der Waals surface area contributed by atoms with E-state index >= 15 is 0 Å². The minimum Gasteiger partial charge on any atom is -0.394 e. The van der Waals surface area contributed by atoms with Crippen LogP contribution in [0.15, 0.2) is 0 Å². The van der Waals surface area contributed by atoms with Gasteiger partial charge in [0.15, 0.2) is 0 Å². The first kappa shape index (κ1) is 45.6. The largest absolute Gasteiger partial charge is 0.394 e. The van der Waals surface area contributed by atoms with Gasteiger partial charge in [-0.15, -0.1) is 0 Å². The van der Waals surface area contributed by atoms with Gasteiger partial charge in [0.05, 0.1) is 132 Å².